The van der Waals surface area contributed by atoms with Crippen LogP contribution in [0.2, 0.25) is 0 Å². The summed E-state index contributed by atoms with van der Waals surface area (Å²) in [4.78, 5) is 38.7. The number of carbonyl (C=O) groups excluding carboxylic acids is 2. The smallest absolute Gasteiger partial charge is 0.309 e. The van der Waals surface area contributed by atoms with E-state index >= 15 is 0 Å². The Morgan fingerprint density at radius 2 is 1.59 bits per heavy atom. The Morgan fingerprint density at radius 3 is 2.24 bits per heavy atom. The lowest BCUT2D eigenvalue weighted by molar-refractivity contribution is -0.250. The van der Waals surface area contributed by atoms with E-state index < -0.39 is 17.4 Å². The van der Waals surface area contributed by atoms with Crippen LogP contribution in [0.4, 0.5) is 0 Å². The number of hydrogen-bond acceptors (Lipinski definition) is 4. The summed E-state index contributed by atoms with van der Waals surface area (Å²) >= 11 is 0. The number of carboxylic acids is 1. The van der Waals surface area contributed by atoms with Crippen molar-refractivity contribution in [2.75, 3.05) is 0 Å². The van der Waals surface area contributed by atoms with Gasteiger partial charge in [-0.05, 0) is 149 Å². The molecule has 11 atom stereocenters. The van der Waals surface area contributed by atoms with Crippen LogP contribution in [0, 0.1) is 62.1 Å². The molecule has 1 amide bonds. The van der Waals surface area contributed by atoms with Crippen LogP contribution in [0.3, 0.4) is 0 Å². The molecular formula is C45H67NO5. The van der Waals surface area contributed by atoms with Crippen LogP contribution in [0.5, 0.6) is 0 Å². The van der Waals surface area contributed by atoms with E-state index in [1.54, 1.807) is 13.8 Å². The number of allylic oxidation sites excluding steroid dienone is 1. The molecule has 0 aliphatic heterocycles. The lowest BCUT2D eigenvalue weighted by atomic mass is 9.32. The molecule has 1 aromatic rings. The number of rotatable bonds is 9. The highest BCUT2D eigenvalue weighted by molar-refractivity contribution is 5.81. The van der Waals surface area contributed by atoms with Gasteiger partial charge in [0, 0.05) is 11.8 Å². The molecule has 0 radical (unpaired) electrons. The fourth-order valence-corrected chi connectivity index (χ4v) is 13.9. The van der Waals surface area contributed by atoms with Gasteiger partial charge in [-0.15, -0.1) is 0 Å². The Kier molecular flexibility index (Phi) is 9.75. The minimum Gasteiger partial charge on any atom is -0.481 e. The maximum Gasteiger partial charge on any atom is 0.309 e. The Labute approximate surface area is 308 Å². The highest BCUT2D eigenvalue weighted by Crippen LogP contribution is 2.78. The van der Waals surface area contributed by atoms with Crippen molar-refractivity contribution in [3.05, 3.63) is 48.0 Å². The number of benzene rings is 1. The van der Waals surface area contributed by atoms with Gasteiger partial charge in [-0.2, -0.15) is 0 Å². The number of esters is 1. The fraction of sp³-hybridized carbons (Fsp3) is 0.756. The molecule has 6 heteroatoms. The molecule has 0 aromatic heterocycles. The molecule has 0 saturated heterocycles. The summed E-state index contributed by atoms with van der Waals surface area (Å²) in [6.45, 7) is 24.5. The van der Waals surface area contributed by atoms with Gasteiger partial charge in [0.1, 0.15) is 6.10 Å². The monoisotopic (exact) mass is 702 g/mol. The minimum atomic E-state index is -1.14. The SMILES string of the molecule is C=C(C)[C@@H]1CC[C@]2(CC(=O)N[C@H](C)c3ccccc3)CC[C@]3(C)[C@H](CCC4[C@@]5(C)CC[C@H](OC(=O)CC(C)(C)C(=O)O)C(C)(C)C5CC[C@]43C)[C@@H]12. The summed E-state index contributed by atoms with van der Waals surface area (Å²) in [5.41, 5.74) is 1.64. The van der Waals surface area contributed by atoms with Crippen LogP contribution in [0.15, 0.2) is 42.5 Å². The summed E-state index contributed by atoms with van der Waals surface area (Å²) in [5.74, 6) is 1.36. The first-order chi connectivity index (χ1) is 23.7. The van der Waals surface area contributed by atoms with E-state index in [0.29, 0.717) is 36.0 Å². The van der Waals surface area contributed by atoms with Gasteiger partial charge in [0.05, 0.1) is 17.9 Å². The average Bonchev–Trinajstić information content (AvgIpc) is 3.42. The zero-order valence-electron chi connectivity index (χ0n) is 33.2. The Hall–Kier alpha value is -2.63. The van der Waals surface area contributed by atoms with Crippen molar-refractivity contribution in [3.8, 4) is 0 Å². The number of carboxylic acid groups (broad SMARTS) is 1. The van der Waals surface area contributed by atoms with E-state index in [9.17, 15) is 19.5 Å². The van der Waals surface area contributed by atoms with Crippen molar-refractivity contribution in [1.82, 2.24) is 5.32 Å². The Bertz CT molecular complexity index is 1530. The van der Waals surface area contributed by atoms with Crippen LogP contribution in [0.25, 0.3) is 0 Å². The number of hydrogen-bond donors (Lipinski definition) is 2. The molecule has 5 fully saturated rings. The first kappa shape index (κ1) is 38.1. The van der Waals surface area contributed by atoms with E-state index in [4.69, 9.17) is 4.74 Å². The predicted molar refractivity (Wildman–Crippen MR) is 202 cm³/mol. The molecule has 0 bridgehead atoms. The van der Waals surface area contributed by atoms with Gasteiger partial charge in [0.2, 0.25) is 5.91 Å². The molecule has 1 aromatic carbocycles. The highest BCUT2D eigenvalue weighted by atomic mass is 16.5. The van der Waals surface area contributed by atoms with Gasteiger partial charge in [-0.3, -0.25) is 14.4 Å². The molecule has 5 aliphatic rings. The van der Waals surface area contributed by atoms with Crippen molar-refractivity contribution in [3.63, 3.8) is 0 Å². The zero-order chi connectivity index (χ0) is 37.4. The molecule has 2 unspecified atom stereocenters. The third-order valence-electron chi connectivity index (χ3n) is 16.8. The third kappa shape index (κ3) is 6.11. The maximum absolute atomic E-state index is 13.9. The number of nitrogens with one attached hydrogen (secondary N) is 1. The molecule has 6 nitrogen and oxygen atoms in total. The Morgan fingerprint density at radius 1 is 0.902 bits per heavy atom. The number of carbonyl (C=O) groups is 3. The highest BCUT2D eigenvalue weighted by Gasteiger charge is 2.71. The van der Waals surface area contributed by atoms with Crippen molar-refractivity contribution in [2.45, 2.75) is 152 Å². The average molecular weight is 702 g/mol. The number of ether oxygens (including phenoxy) is 1. The fourth-order valence-electron chi connectivity index (χ4n) is 13.9. The predicted octanol–water partition coefficient (Wildman–Crippen LogP) is 10.3. The normalized spacial score (nSPS) is 40.4. The van der Waals surface area contributed by atoms with E-state index in [1.807, 2.05) is 18.2 Å². The Balaban J connectivity index is 1.23. The zero-order valence-corrected chi connectivity index (χ0v) is 33.2. The summed E-state index contributed by atoms with van der Waals surface area (Å²) in [6.07, 6.45) is 11.4. The molecular weight excluding hydrogens is 634 g/mol. The van der Waals surface area contributed by atoms with Gasteiger partial charge in [-0.25, -0.2) is 0 Å². The van der Waals surface area contributed by atoms with Crippen molar-refractivity contribution in [2.24, 2.45) is 62.1 Å². The quantitative estimate of drug-likeness (QED) is 0.197. The van der Waals surface area contributed by atoms with Gasteiger partial charge >= 0.3 is 11.9 Å². The molecule has 0 spiro atoms. The maximum atomic E-state index is 13.9. The van der Waals surface area contributed by atoms with Crippen LogP contribution < -0.4 is 5.32 Å². The van der Waals surface area contributed by atoms with E-state index in [1.165, 1.54) is 31.3 Å². The molecule has 0 heterocycles. The first-order valence-electron chi connectivity index (χ1n) is 20.1. The minimum absolute atomic E-state index is 0.00882. The van der Waals surface area contributed by atoms with Gasteiger partial charge in [-0.1, -0.05) is 77.1 Å². The summed E-state index contributed by atoms with van der Waals surface area (Å²) in [5, 5.41) is 13.0. The van der Waals surface area contributed by atoms with Crippen LogP contribution in [0.1, 0.15) is 151 Å². The second-order valence-electron chi connectivity index (χ2n) is 20.1. The topological polar surface area (TPSA) is 92.7 Å². The van der Waals surface area contributed by atoms with Gasteiger partial charge in [0.25, 0.3) is 0 Å². The molecule has 5 saturated carbocycles. The summed E-state index contributed by atoms with van der Waals surface area (Å²) in [7, 11) is 0. The molecule has 51 heavy (non-hydrogen) atoms. The number of aliphatic carboxylic acids is 1. The number of amides is 1. The van der Waals surface area contributed by atoms with E-state index in [2.05, 4.69) is 72.5 Å². The van der Waals surface area contributed by atoms with Gasteiger partial charge < -0.3 is 15.2 Å². The lowest BCUT2D eigenvalue weighted by Crippen LogP contribution is -2.67. The van der Waals surface area contributed by atoms with Crippen LogP contribution in [-0.4, -0.2) is 29.1 Å². The van der Waals surface area contributed by atoms with E-state index in [0.717, 1.165) is 44.1 Å². The van der Waals surface area contributed by atoms with Gasteiger partial charge in [0.15, 0.2) is 0 Å². The largest absolute Gasteiger partial charge is 0.481 e. The van der Waals surface area contributed by atoms with Crippen molar-refractivity contribution >= 4 is 17.8 Å². The molecule has 2 N–H and O–H groups in total. The standard InChI is InChI=1S/C45H67NO5/c1-28(2)31-18-23-45(26-36(47)46-29(3)30-14-12-11-13-15-30)25-24-43(9)32(38(31)45)16-17-34-42(8)21-20-35(51-37(48)27-40(4,5)39(49)50)41(6,7)33(42)19-22-44(34,43)10/h11-15,29,31-35,38H,1,16-27H2,2-10H3,(H,46,47)(H,49,50)/t29-,31+,32-,33?,34?,35+,38-,42+,43-,44-,45-/m1/s1. The number of fused-ring (bicyclic) bond motifs is 7. The van der Waals surface area contributed by atoms with Crippen LogP contribution in [-0.2, 0) is 19.1 Å². The lowest BCUT2D eigenvalue weighted by Gasteiger charge is -2.73. The second kappa shape index (κ2) is 13.0. The summed E-state index contributed by atoms with van der Waals surface area (Å²) < 4.78 is 6.18. The van der Waals surface area contributed by atoms with Crippen molar-refractivity contribution in [1.29, 1.82) is 0 Å². The molecule has 282 valence electrons. The molecule has 6 rings (SSSR count). The second-order valence-corrected chi connectivity index (χ2v) is 20.1. The van der Waals surface area contributed by atoms with E-state index in [-0.39, 0.29) is 51.5 Å². The third-order valence-corrected chi connectivity index (χ3v) is 16.8. The first-order valence-corrected chi connectivity index (χ1v) is 20.1. The molecule has 5 aliphatic carbocycles. The summed E-state index contributed by atoms with van der Waals surface area (Å²) in [6, 6.07) is 10.3. The van der Waals surface area contributed by atoms with Crippen molar-refractivity contribution < 1.29 is 24.2 Å². The van der Waals surface area contributed by atoms with Crippen LogP contribution >= 0.6 is 0 Å².